The molecule has 4 N–H and O–H groups in total. The van der Waals surface area contributed by atoms with Crippen molar-refractivity contribution in [2.45, 2.75) is 107 Å². The number of sulfonamides is 1. The summed E-state index contributed by atoms with van der Waals surface area (Å²) in [6, 6.07) is 18.6. The fraction of sp³-hybridized carbons (Fsp3) is 0.464. The summed E-state index contributed by atoms with van der Waals surface area (Å²) >= 11 is 0. The Labute approximate surface area is 451 Å². The zero-order valence-corrected chi connectivity index (χ0v) is 45.0. The number of H-pyrrole nitrogens is 1. The predicted octanol–water partition coefficient (Wildman–Crippen LogP) is 8.83. The number of piperidine rings is 1. The molecule has 11 rings (SSSR count). The molecular weight excluding hydrogens is 1020 g/mol. The highest BCUT2D eigenvalue weighted by Crippen LogP contribution is 2.54. The monoisotopic (exact) mass is 1090 g/mol. The van der Waals surface area contributed by atoms with E-state index in [1.165, 1.54) is 30.4 Å². The molecule has 2 aromatic carbocycles. The molecule has 78 heavy (non-hydrogen) atoms. The first kappa shape index (κ1) is 52.9. The number of fused-ring (bicyclic) bond motifs is 2. The van der Waals surface area contributed by atoms with Gasteiger partial charge in [-0.2, -0.15) is 4.98 Å². The average Bonchev–Trinajstić information content (AvgIpc) is 4.21. The van der Waals surface area contributed by atoms with Gasteiger partial charge in [0.1, 0.15) is 22.1 Å². The van der Waals surface area contributed by atoms with Crippen LogP contribution in [0.1, 0.15) is 111 Å². The van der Waals surface area contributed by atoms with Gasteiger partial charge in [-0.25, -0.2) is 27.5 Å². The Morgan fingerprint density at radius 2 is 1.79 bits per heavy atom. The van der Waals surface area contributed by atoms with Crippen molar-refractivity contribution in [1.82, 2.24) is 34.5 Å². The second kappa shape index (κ2) is 21.2. The van der Waals surface area contributed by atoms with E-state index in [-0.39, 0.29) is 64.0 Å². The van der Waals surface area contributed by atoms with Crippen molar-refractivity contribution >= 4 is 44.2 Å². The number of aromatic nitrogens is 4. The SMILES string of the molecule is COc1nc2[nH]cc(F)c2cc1Oc1cc(N2CCC3(CC2)CC(N2CCN(Cc4ccnc5c4OCO5)C[C@H]2c2ccccc2C(C)C)C3)ccc1C(=O)NS(=O)(=O)c1cnc(NCC2CCC(C)(O)CC2)c([N+](=O)[O-])c1. The first-order valence-electron chi connectivity index (χ1n) is 26.7. The molecular formula is C56H65FN10O10S. The molecule has 6 aromatic rings. The molecule has 1 spiro atoms. The van der Waals surface area contributed by atoms with Gasteiger partial charge in [0.25, 0.3) is 27.7 Å². The Balaban J connectivity index is 0.804. The minimum atomic E-state index is -4.75. The van der Waals surface area contributed by atoms with Crippen LogP contribution in [0.25, 0.3) is 11.0 Å². The minimum absolute atomic E-state index is 0.0198. The molecule has 2 aliphatic carbocycles. The number of nitro groups is 1. The number of ether oxygens (including phenoxy) is 4. The van der Waals surface area contributed by atoms with Crippen molar-refractivity contribution in [2.24, 2.45) is 11.3 Å². The van der Waals surface area contributed by atoms with Gasteiger partial charge in [-0.1, -0.05) is 38.1 Å². The van der Waals surface area contributed by atoms with Crippen LogP contribution in [0, 0.1) is 27.3 Å². The molecule has 1 amide bonds. The standard InChI is InChI=1S/C56H65FN10O10S/c1-34(2)40-7-5-6-8-41(40)46-32-64(31-36-13-18-58-54-49(36)75-33-76-54)21-22-66(46)38-26-56(27-38)16-19-65(20-17-56)37-9-10-42(47(23-37)77-48-25-43-44(57)30-61-50(43)62-53(48)74-4)52(68)63-78(72,73)39-24-45(67(70)71)51(60-29-39)59-28-35-11-14-55(3,69)15-12-35/h5-10,13,18,23-25,29-30,34-35,38,46,69H,11-12,14-17,19-22,26-28,31-33H2,1-4H3,(H,59,60)(H,61,62)(H,63,68)/t35?,46-,55?/m0/s1. The number of benzene rings is 2. The van der Waals surface area contributed by atoms with Gasteiger partial charge in [0.15, 0.2) is 11.5 Å². The third-order valence-electron chi connectivity index (χ3n) is 16.7. The van der Waals surface area contributed by atoms with Crippen LogP contribution < -0.4 is 33.9 Å². The summed E-state index contributed by atoms with van der Waals surface area (Å²) in [7, 11) is -3.38. The fourth-order valence-electron chi connectivity index (χ4n) is 12.2. The Hall–Kier alpha value is -7.14. The lowest BCUT2D eigenvalue weighted by Gasteiger charge is -2.58. The number of anilines is 2. The fourth-order valence-corrected chi connectivity index (χ4v) is 13.2. The molecule has 1 atom stereocenters. The summed E-state index contributed by atoms with van der Waals surface area (Å²) in [6.07, 6.45) is 10.5. The summed E-state index contributed by atoms with van der Waals surface area (Å²) in [6.45, 7) is 11.7. The van der Waals surface area contributed by atoms with E-state index >= 15 is 0 Å². The lowest BCUT2D eigenvalue weighted by Crippen LogP contribution is -2.60. The molecule has 4 aromatic heterocycles. The lowest BCUT2D eigenvalue weighted by molar-refractivity contribution is -0.384. The second-order valence-corrected chi connectivity index (χ2v) is 23.9. The van der Waals surface area contributed by atoms with Crippen molar-refractivity contribution in [1.29, 1.82) is 0 Å². The van der Waals surface area contributed by atoms with Crippen LogP contribution >= 0.6 is 0 Å². The highest BCUT2D eigenvalue weighted by Gasteiger charge is 2.50. The highest BCUT2D eigenvalue weighted by molar-refractivity contribution is 7.90. The summed E-state index contributed by atoms with van der Waals surface area (Å²) in [5, 5.41) is 25.7. The third kappa shape index (κ3) is 10.7. The molecule has 4 fully saturated rings. The quantitative estimate of drug-likeness (QED) is 0.0523. The number of carbonyl (C=O) groups is 1. The van der Waals surface area contributed by atoms with Gasteiger partial charge >= 0.3 is 5.69 Å². The number of hydrogen-bond donors (Lipinski definition) is 4. The zero-order valence-electron chi connectivity index (χ0n) is 44.2. The number of piperazine rings is 1. The molecule has 2 saturated carbocycles. The van der Waals surface area contributed by atoms with E-state index in [1.54, 1.807) is 25.3 Å². The third-order valence-corrected chi connectivity index (χ3v) is 18.0. The Kier molecular flexibility index (Phi) is 14.4. The van der Waals surface area contributed by atoms with Crippen molar-refractivity contribution in [3.8, 4) is 29.0 Å². The molecule has 412 valence electrons. The maximum absolute atomic E-state index is 14.9. The Morgan fingerprint density at radius 3 is 2.55 bits per heavy atom. The average molecular weight is 1090 g/mol. The first-order valence-corrected chi connectivity index (χ1v) is 28.2. The van der Waals surface area contributed by atoms with Crippen LogP contribution in [-0.4, -0.2) is 119 Å². The van der Waals surface area contributed by atoms with Crippen LogP contribution in [-0.2, 0) is 16.6 Å². The number of nitrogens with one attached hydrogen (secondary N) is 3. The van der Waals surface area contributed by atoms with Crippen molar-refractivity contribution in [3.05, 3.63) is 117 Å². The molecule has 3 aliphatic heterocycles. The van der Waals surface area contributed by atoms with E-state index in [1.807, 2.05) is 6.07 Å². The molecule has 0 bridgehead atoms. The lowest BCUT2D eigenvalue weighted by atomic mass is 9.59. The van der Waals surface area contributed by atoms with Crippen LogP contribution in [0.3, 0.4) is 0 Å². The number of nitrogens with zero attached hydrogens (tertiary/aromatic N) is 7. The molecule has 2 saturated heterocycles. The summed E-state index contributed by atoms with van der Waals surface area (Å²) < 4.78 is 68.1. The molecule has 22 heteroatoms. The Bertz CT molecular complexity index is 3350. The van der Waals surface area contributed by atoms with Crippen LogP contribution in [0.15, 0.2) is 84.1 Å². The van der Waals surface area contributed by atoms with Crippen LogP contribution in [0.4, 0.5) is 21.6 Å². The maximum atomic E-state index is 14.9. The molecule has 7 heterocycles. The van der Waals surface area contributed by atoms with E-state index in [0.717, 1.165) is 87.3 Å². The zero-order chi connectivity index (χ0) is 54.5. The highest BCUT2D eigenvalue weighted by atomic mass is 32.2. The number of halogens is 1. The number of hydrogen-bond acceptors (Lipinski definition) is 17. The van der Waals surface area contributed by atoms with Gasteiger partial charge in [-0.05, 0) is 105 Å². The van der Waals surface area contributed by atoms with E-state index in [0.29, 0.717) is 63.2 Å². The van der Waals surface area contributed by atoms with Gasteiger partial charge in [-0.15, -0.1) is 0 Å². The smallest absolute Gasteiger partial charge is 0.312 e. The number of pyridine rings is 3. The van der Waals surface area contributed by atoms with E-state index in [2.05, 4.69) is 82.8 Å². The predicted molar refractivity (Wildman–Crippen MR) is 288 cm³/mol. The van der Waals surface area contributed by atoms with E-state index in [9.17, 15) is 32.8 Å². The van der Waals surface area contributed by atoms with Crippen LogP contribution in [0.5, 0.6) is 29.0 Å². The first-order chi connectivity index (χ1) is 37.4. The van der Waals surface area contributed by atoms with Gasteiger partial charge in [0.05, 0.1) is 34.8 Å². The van der Waals surface area contributed by atoms with Crippen molar-refractivity contribution < 1.29 is 46.6 Å². The number of rotatable bonds is 16. The maximum Gasteiger partial charge on any atom is 0.312 e. The summed E-state index contributed by atoms with van der Waals surface area (Å²) in [5.74, 6) is -0.140. The number of amides is 1. The number of aliphatic hydroxyl groups is 1. The largest absolute Gasteiger partial charge is 0.478 e. The normalized spacial score (nSPS) is 21.7. The van der Waals surface area contributed by atoms with Gasteiger partial charge in [0, 0.05) is 99.7 Å². The minimum Gasteiger partial charge on any atom is -0.478 e. The van der Waals surface area contributed by atoms with Gasteiger partial charge in [-0.3, -0.25) is 24.7 Å². The van der Waals surface area contributed by atoms with Crippen LogP contribution in [0.2, 0.25) is 0 Å². The molecule has 20 nitrogen and oxygen atoms in total. The topological polar surface area (TPSA) is 240 Å². The van der Waals surface area contributed by atoms with E-state index < -0.39 is 42.9 Å². The molecule has 5 aliphatic rings. The Morgan fingerprint density at radius 1 is 1.01 bits per heavy atom. The number of carbonyl (C=O) groups excluding carboxylic acids is 1. The van der Waals surface area contributed by atoms with Crippen molar-refractivity contribution in [3.63, 3.8) is 0 Å². The number of methoxy groups -OCH3 is 1. The summed E-state index contributed by atoms with van der Waals surface area (Å²) in [5.41, 5.74) is 3.35. The number of aromatic amines is 1. The second-order valence-electron chi connectivity index (χ2n) is 22.2. The summed E-state index contributed by atoms with van der Waals surface area (Å²) in [4.78, 5) is 48.2. The van der Waals surface area contributed by atoms with Crippen molar-refractivity contribution in [2.75, 3.05) is 63.4 Å². The van der Waals surface area contributed by atoms with Gasteiger partial charge < -0.3 is 39.3 Å². The van der Waals surface area contributed by atoms with E-state index in [4.69, 9.17) is 18.9 Å². The van der Waals surface area contributed by atoms with Gasteiger partial charge in [0.2, 0.25) is 12.6 Å². The molecule has 0 radical (unpaired) electrons. The molecule has 0 unspecified atom stereocenters.